The number of halogens is 2. The molecular weight excluding hydrogens is 338 g/mol. The second kappa shape index (κ2) is 8.08. The fourth-order valence-electron chi connectivity index (χ4n) is 3.05. The van der Waals surface area contributed by atoms with Crippen LogP contribution >= 0.6 is 0 Å². The summed E-state index contributed by atoms with van der Waals surface area (Å²) in [5.41, 5.74) is 1.74. The third-order valence-electron chi connectivity index (χ3n) is 4.38. The van der Waals surface area contributed by atoms with Gasteiger partial charge in [0.15, 0.2) is 0 Å². The number of hydrogen-bond donors (Lipinski definition) is 1. The van der Waals surface area contributed by atoms with Gasteiger partial charge >= 0.3 is 0 Å². The normalized spacial score (nSPS) is 13.9. The van der Waals surface area contributed by atoms with Crippen LogP contribution < -0.4 is 5.32 Å². The molecule has 1 saturated heterocycles. The molecule has 0 aromatic heterocycles. The minimum Gasteiger partial charge on any atom is -0.338 e. The van der Waals surface area contributed by atoms with Crippen molar-refractivity contribution in [3.63, 3.8) is 0 Å². The summed E-state index contributed by atoms with van der Waals surface area (Å²) in [6.07, 6.45) is 1.64. The minimum absolute atomic E-state index is 0.0508. The lowest BCUT2D eigenvalue weighted by Gasteiger charge is -2.16. The van der Waals surface area contributed by atoms with Crippen LogP contribution in [0.2, 0.25) is 0 Å². The van der Waals surface area contributed by atoms with Crippen molar-refractivity contribution in [3.8, 4) is 0 Å². The highest BCUT2D eigenvalue weighted by Crippen LogP contribution is 2.18. The maximum atomic E-state index is 13.6. The zero-order valence-corrected chi connectivity index (χ0v) is 14.3. The molecule has 2 aromatic rings. The zero-order valence-electron chi connectivity index (χ0n) is 14.3. The summed E-state index contributed by atoms with van der Waals surface area (Å²) in [6, 6.07) is 10.5. The maximum Gasteiger partial charge on any atom is 0.224 e. The number of carbonyl (C=O) groups is 2. The number of anilines is 1. The molecule has 1 heterocycles. The molecule has 0 bridgehead atoms. The molecule has 2 amide bonds. The van der Waals surface area contributed by atoms with Gasteiger partial charge in [0.1, 0.15) is 11.6 Å². The third kappa shape index (κ3) is 4.65. The smallest absolute Gasteiger partial charge is 0.224 e. The lowest BCUT2D eigenvalue weighted by molar-refractivity contribution is -0.128. The first-order chi connectivity index (χ1) is 12.5. The molecule has 0 unspecified atom stereocenters. The van der Waals surface area contributed by atoms with Crippen LogP contribution in [0, 0.1) is 11.6 Å². The summed E-state index contributed by atoms with van der Waals surface area (Å²) in [5, 5.41) is 2.76. The Labute approximate surface area is 150 Å². The molecule has 1 aliphatic heterocycles. The Morgan fingerprint density at radius 3 is 2.77 bits per heavy atom. The van der Waals surface area contributed by atoms with Gasteiger partial charge in [0, 0.05) is 31.6 Å². The van der Waals surface area contributed by atoms with Crippen molar-refractivity contribution in [1.82, 2.24) is 4.90 Å². The van der Waals surface area contributed by atoms with E-state index in [1.165, 1.54) is 0 Å². The lowest BCUT2D eigenvalue weighted by Crippen LogP contribution is -2.23. The predicted octanol–water partition coefficient (Wildman–Crippen LogP) is 3.66. The Kier molecular flexibility index (Phi) is 5.61. The number of carbonyl (C=O) groups excluding carboxylic acids is 2. The van der Waals surface area contributed by atoms with E-state index in [-0.39, 0.29) is 30.2 Å². The Morgan fingerprint density at radius 1 is 1.15 bits per heavy atom. The second-order valence-corrected chi connectivity index (χ2v) is 6.40. The van der Waals surface area contributed by atoms with E-state index in [4.69, 9.17) is 0 Å². The lowest BCUT2D eigenvalue weighted by atomic mass is 10.1. The van der Waals surface area contributed by atoms with E-state index in [0.29, 0.717) is 18.7 Å². The van der Waals surface area contributed by atoms with Crippen molar-refractivity contribution in [2.75, 3.05) is 11.9 Å². The van der Waals surface area contributed by atoms with Crippen molar-refractivity contribution in [2.45, 2.75) is 32.2 Å². The largest absolute Gasteiger partial charge is 0.338 e. The van der Waals surface area contributed by atoms with E-state index in [2.05, 4.69) is 5.32 Å². The second-order valence-electron chi connectivity index (χ2n) is 6.40. The molecule has 4 nitrogen and oxygen atoms in total. The number of nitrogens with zero attached hydrogens (tertiary/aromatic N) is 1. The number of likely N-dealkylation sites (tertiary alicyclic amines) is 1. The van der Waals surface area contributed by atoms with E-state index in [9.17, 15) is 18.4 Å². The fourth-order valence-corrected chi connectivity index (χ4v) is 3.05. The van der Waals surface area contributed by atoms with Crippen LogP contribution in [0.1, 0.15) is 30.4 Å². The topological polar surface area (TPSA) is 49.4 Å². The highest BCUT2D eigenvalue weighted by molar-refractivity contribution is 5.90. The van der Waals surface area contributed by atoms with Crippen LogP contribution in [0.15, 0.2) is 42.5 Å². The Morgan fingerprint density at radius 2 is 2.00 bits per heavy atom. The van der Waals surface area contributed by atoms with Gasteiger partial charge in [-0.2, -0.15) is 0 Å². The van der Waals surface area contributed by atoms with Crippen LogP contribution in [0.25, 0.3) is 0 Å². The van der Waals surface area contributed by atoms with Crippen molar-refractivity contribution < 1.29 is 18.4 Å². The number of nitrogens with one attached hydrogen (secondary N) is 1. The molecule has 0 aliphatic carbocycles. The molecule has 26 heavy (non-hydrogen) atoms. The van der Waals surface area contributed by atoms with Crippen LogP contribution in [0.5, 0.6) is 0 Å². The van der Waals surface area contributed by atoms with Gasteiger partial charge in [-0.25, -0.2) is 8.78 Å². The van der Waals surface area contributed by atoms with Crippen LogP contribution in [0.3, 0.4) is 0 Å². The summed E-state index contributed by atoms with van der Waals surface area (Å²) >= 11 is 0. The van der Waals surface area contributed by atoms with Gasteiger partial charge in [-0.15, -0.1) is 0 Å². The quantitative estimate of drug-likeness (QED) is 0.857. The van der Waals surface area contributed by atoms with Crippen LogP contribution in [0.4, 0.5) is 14.5 Å². The molecule has 136 valence electrons. The summed E-state index contributed by atoms with van der Waals surface area (Å²) in [7, 11) is 0. The molecule has 0 spiro atoms. The SMILES string of the molecule is O=C(CCc1cc(F)ccc1F)Nc1cccc(CN2CCCC2=O)c1. The van der Waals surface area contributed by atoms with Crippen molar-refractivity contribution in [1.29, 1.82) is 0 Å². The van der Waals surface area contributed by atoms with Crippen molar-refractivity contribution in [3.05, 3.63) is 65.2 Å². The average molecular weight is 358 g/mol. The number of benzene rings is 2. The van der Waals surface area contributed by atoms with Gasteiger partial charge in [0.05, 0.1) is 0 Å². The number of rotatable bonds is 6. The highest BCUT2D eigenvalue weighted by Gasteiger charge is 2.20. The summed E-state index contributed by atoms with van der Waals surface area (Å²) < 4.78 is 26.8. The van der Waals surface area contributed by atoms with Gasteiger partial charge in [-0.05, 0) is 54.3 Å². The standard InChI is InChI=1S/C20H20F2N2O2/c21-16-7-8-18(22)15(12-16)6-9-19(25)23-17-4-1-3-14(11-17)13-24-10-2-5-20(24)26/h1,3-4,7-8,11-12H,2,5-6,9-10,13H2,(H,23,25). The van der Waals surface area contributed by atoms with Gasteiger partial charge in [-0.3, -0.25) is 9.59 Å². The molecular formula is C20H20F2N2O2. The van der Waals surface area contributed by atoms with Crippen LogP contribution in [-0.4, -0.2) is 23.3 Å². The molecule has 2 aromatic carbocycles. The first-order valence-corrected chi connectivity index (χ1v) is 8.62. The number of hydrogen-bond acceptors (Lipinski definition) is 2. The van der Waals surface area contributed by atoms with Crippen LogP contribution in [-0.2, 0) is 22.6 Å². The first kappa shape index (κ1) is 18.0. The van der Waals surface area contributed by atoms with E-state index in [1.54, 1.807) is 11.0 Å². The van der Waals surface area contributed by atoms with Crippen molar-refractivity contribution in [2.24, 2.45) is 0 Å². The third-order valence-corrected chi connectivity index (χ3v) is 4.38. The van der Waals surface area contributed by atoms with Gasteiger partial charge in [0.25, 0.3) is 0 Å². The molecule has 1 aliphatic rings. The fraction of sp³-hybridized carbons (Fsp3) is 0.300. The zero-order chi connectivity index (χ0) is 18.5. The first-order valence-electron chi connectivity index (χ1n) is 8.62. The molecule has 1 N–H and O–H groups in total. The molecule has 6 heteroatoms. The van der Waals surface area contributed by atoms with E-state index < -0.39 is 11.6 Å². The van der Waals surface area contributed by atoms with E-state index in [0.717, 1.165) is 36.7 Å². The molecule has 0 atom stereocenters. The van der Waals surface area contributed by atoms with Crippen molar-refractivity contribution >= 4 is 17.5 Å². The Hall–Kier alpha value is -2.76. The molecule has 3 rings (SSSR count). The monoisotopic (exact) mass is 358 g/mol. The predicted molar refractivity (Wildman–Crippen MR) is 94.4 cm³/mol. The van der Waals surface area contributed by atoms with Gasteiger partial charge in [0.2, 0.25) is 11.8 Å². The summed E-state index contributed by atoms with van der Waals surface area (Å²) in [4.78, 5) is 25.6. The summed E-state index contributed by atoms with van der Waals surface area (Å²) in [6.45, 7) is 1.28. The number of amides is 2. The minimum atomic E-state index is -0.522. The van der Waals surface area contributed by atoms with E-state index >= 15 is 0 Å². The molecule has 1 fully saturated rings. The van der Waals surface area contributed by atoms with Gasteiger partial charge in [-0.1, -0.05) is 12.1 Å². The number of aryl methyl sites for hydroxylation is 1. The summed E-state index contributed by atoms with van der Waals surface area (Å²) in [5.74, 6) is -1.16. The molecule has 0 radical (unpaired) electrons. The average Bonchev–Trinajstić information content (AvgIpc) is 3.01. The molecule has 0 saturated carbocycles. The Balaban J connectivity index is 1.56. The highest BCUT2D eigenvalue weighted by atomic mass is 19.1. The Bertz CT molecular complexity index is 823. The maximum absolute atomic E-state index is 13.6. The van der Waals surface area contributed by atoms with E-state index in [1.807, 2.05) is 18.2 Å². The van der Waals surface area contributed by atoms with Gasteiger partial charge < -0.3 is 10.2 Å².